The highest BCUT2D eigenvalue weighted by molar-refractivity contribution is 5.82. The van der Waals surface area contributed by atoms with Crippen molar-refractivity contribution in [3.63, 3.8) is 0 Å². The highest BCUT2D eigenvalue weighted by Gasteiger charge is 2.07. The van der Waals surface area contributed by atoms with Gasteiger partial charge in [0.1, 0.15) is 19.8 Å². The first kappa shape index (κ1) is 18.9. The number of hydrogen-bond acceptors (Lipinski definition) is 6. The first-order valence-electron chi connectivity index (χ1n) is 6.97. The summed E-state index contributed by atoms with van der Waals surface area (Å²) in [5, 5.41) is 0. The van der Waals surface area contributed by atoms with E-state index in [1.807, 2.05) is 0 Å². The molecule has 0 bridgehead atoms. The fraction of sp³-hybridized carbons (Fsp3) is 0.167. The van der Waals surface area contributed by atoms with E-state index in [2.05, 4.69) is 19.7 Å². The third-order valence-electron chi connectivity index (χ3n) is 2.76. The molecule has 0 saturated carbocycles. The average molecular weight is 330 g/mol. The lowest BCUT2D eigenvalue weighted by Crippen LogP contribution is -2.06. The Balaban J connectivity index is 2.90. The van der Waals surface area contributed by atoms with Crippen LogP contribution in [0.5, 0.6) is 0 Å². The number of ether oxygens (including phenoxy) is 3. The van der Waals surface area contributed by atoms with Gasteiger partial charge in [0.05, 0.1) is 0 Å². The molecule has 0 fully saturated rings. The van der Waals surface area contributed by atoms with Gasteiger partial charge < -0.3 is 14.2 Å². The Morgan fingerprint density at radius 2 is 0.917 bits per heavy atom. The third kappa shape index (κ3) is 6.74. The molecule has 24 heavy (non-hydrogen) atoms. The van der Waals surface area contributed by atoms with Crippen LogP contribution in [0.2, 0.25) is 0 Å². The standard InChI is InChI=1S/C18H18O6/c1-4-16(19)22-10-13-7-14(11-23-17(20)5-2)9-15(8-13)12-24-18(21)6-3/h4-9H,1-3,10-12H2. The minimum atomic E-state index is -0.557. The lowest BCUT2D eigenvalue weighted by molar-refractivity contribution is -0.139. The molecule has 0 saturated heterocycles. The summed E-state index contributed by atoms with van der Waals surface area (Å²) in [6.07, 6.45) is 3.17. The van der Waals surface area contributed by atoms with Crippen molar-refractivity contribution in [3.8, 4) is 0 Å². The van der Waals surface area contributed by atoms with Crippen LogP contribution in [0.4, 0.5) is 0 Å². The van der Waals surface area contributed by atoms with E-state index in [9.17, 15) is 14.4 Å². The van der Waals surface area contributed by atoms with Crippen LogP contribution >= 0.6 is 0 Å². The van der Waals surface area contributed by atoms with Gasteiger partial charge in [-0.15, -0.1) is 0 Å². The topological polar surface area (TPSA) is 78.9 Å². The predicted molar refractivity (Wildman–Crippen MR) is 86.4 cm³/mol. The van der Waals surface area contributed by atoms with Crippen LogP contribution in [0, 0.1) is 0 Å². The van der Waals surface area contributed by atoms with Crippen LogP contribution in [-0.4, -0.2) is 17.9 Å². The van der Waals surface area contributed by atoms with Crippen molar-refractivity contribution in [1.29, 1.82) is 0 Å². The van der Waals surface area contributed by atoms with Crippen molar-refractivity contribution in [2.75, 3.05) is 0 Å². The molecule has 6 nitrogen and oxygen atoms in total. The molecule has 1 aromatic rings. The van der Waals surface area contributed by atoms with Gasteiger partial charge in [-0.3, -0.25) is 0 Å². The third-order valence-corrected chi connectivity index (χ3v) is 2.76. The quantitative estimate of drug-likeness (QED) is 0.393. The van der Waals surface area contributed by atoms with Gasteiger partial charge in [0.2, 0.25) is 0 Å². The summed E-state index contributed by atoms with van der Waals surface area (Å²) in [6, 6.07) is 5.14. The van der Waals surface area contributed by atoms with E-state index < -0.39 is 17.9 Å². The molecule has 0 N–H and O–H groups in total. The van der Waals surface area contributed by atoms with Crippen molar-refractivity contribution >= 4 is 17.9 Å². The Hall–Kier alpha value is -3.15. The van der Waals surface area contributed by atoms with E-state index in [1.165, 1.54) is 0 Å². The molecule has 0 aliphatic heterocycles. The molecule has 1 rings (SSSR count). The van der Waals surface area contributed by atoms with Gasteiger partial charge >= 0.3 is 17.9 Å². The lowest BCUT2D eigenvalue weighted by Gasteiger charge is -2.10. The second-order valence-electron chi connectivity index (χ2n) is 4.59. The van der Waals surface area contributed by atoms with Gasteiger partial charge in [0.15, 0.2) is 0 Å². The van der Waals surface area contributed by atoms with Crippen molar-refractivity contribution < 1.29 is 28.6 Å². The molecule has 0 spiro atoms. The van der Waals surface area contributed by atoms with E-state index >= 15 is 0 Å². The van der Waals surface area contributed by atoms with Crippen LogP contribution < -0.4 is 0 Å². The molecular weight excluding hydrogens is 312 g/mol. The number of benzene rings is 1. The molecule has 0 atom stereocenters. The van der Waals surface area contributed by atoms with Crippen molar-refractivity contribution in [2.45, 2.75) is 19.8 Å². The molecular formula is C18H18O6. The van der Waals surface area contributed by atoms with E-state index in [0.717, 1.165) is 18.2 Å². The van der Waals surface area contributed by atoms with Crippen LogP contribution in [0.3, 0.4) is 0 Å². The van der Waals surface area contributed by atoms with E-state index in [4.69, 9.17) is 14.2 Å². The Labute approximate surface area is 140 Å². The Kier molecular flexibility index (Phi) is 7.70. The highest BCUT2D eigenvalue weighted by Crippen LogP contribution is 2.14. The van der Waals surface area contributed by atoms with Gasteiger partial charge in [-0.25, -0.2) is 14.4 Å². The minimum Gasteiger partial charge on any atom is -0.458 e. The largest absolute Gasteiger partial charge is 0.458 e. The van der Waals surface area contributed by atoms with Crippen molar-refractivity contribution in [2.24, 2.45) is 0 Å². The summed E-state index contributed by atoms with van der Waals surface area (Å²) in [7, 11) is 0. The van der Waals surface area contributed by atoms with Crippen LogP contribution in [0.15, 0.2) is 56.2 Å². The van der Waals surface area contributed by atoms with Gasteiger partial charge in [-0.1, -0.05) is 19.7 Å². The highest BCUT2D eigenvalue weighted by atomic mass is 16.5. The lowest BCUT2D eigenvalue weighted by atomic mass is 10.1. The number of rotatable bonds is 9. The Morgan fingerprint density at radius 3 is 1.12 bits per heavy atom. The maximum Gasteiger partial charge on any atom is 0.330 e. The molecule has 0 aromatic heterocycles. The Morgan fingerprint density at radius 1 is 0.667 bits per heavy atom. The fourth-order valence-corrected chi connectivity index (χ4v) is 1.73. The molecule has 0 radical (unpaired) electrons. The first-order chi connectivity index (χ1) is 11.5. The molecule has 1 aromatic carbocycles. The molecule has 0 heterocycles. The minimum absolute atomic E-state index is 0.0104. The van der Waals surface area contributed by atoms with Crippen LogP contribution in [0.1, 0.15) is 16.7 Å². The number of carbonyl (C=O) groups excluding carboxylic acids is 3. The summed E-state index contributed by atoms with van der Waals surface area (Å²) in [6.45, 7) is 9.98. The first-order valence-corrected chi connectivity index (χ1v) is 6.97. The normalized spacial score (nSPS) is 9.50. The fourth-order valence-electron chi connectivity index (χ4n) is 1.73. The predicted octanol–water partition coefficient (Wildman–Crippen LogP) is 2.37. The number of hydrogen-bond donors (Lipinski definition) is 0. The molecule has 6 heteroatoms. The maximum atomic E-state index is 11.2. The van der Waals surface area contributed by atoms with E-state index in [-0.39, 0.29) is 19.8 Å². The summed E-state index contributed by atoms with van der Waals surface area (Å²) >= 11 is 0. The zero-order chi connectivity index (χ0) is 17.9. The zero-order valence-corrected chi connectivity index (χ0v) is 13.2. The monoisotopic (exact) mass is 330 g/mol. The Bertz CT molecular complexity index is 557. The van der Waals surface area contributed by atoms with E-state index in [1.54, 1.807) is 18.2 Å². The second kappa shape index (κ2) is 9.78. The van der Waals surface area contributed by atoms with E-state index in [0.29, 0.717) is 16.7 Å². The van der Waals surface area contributed by atoms with Gasteiger partial charge in [0, 0.05) is 18.2 Å². The molecule has 0 aliphatic rings. The summed E-state index contributed by atoms with van der Waals surface area (Å²) in [5.74, 6) is -1.67. The number of carbonyl (C=O) groups is 3. The average Bonchev–Trinajstić information content (AvgIpc) is 2.61. The van der Waals surface area contributed by atoms with Crippen molar-refractivity contribution in [3.05, 3.63) is 72.9 Å². The molecule has 126 valence electrons. The summed E-state index contributed by atoms with van der Waals surface area (Å²) in [4.78, 5) is 33.5. The summed E-state index contributed by atoms with van der Waals surface area (Å²) < 4.78 is 14.9. The number of esters is 3. The van der Waals surface area contributed by atoms with Gasteiger partial charge in [0.25, 0.3) is 0 Å². The van der Waals surface area contributed by atoms with Gasteiger partial charge in [-0.2, -0.15) is 0 Å². The van der Waals surface area contributed by atoms with Crippen molar-refractivity contribution in [1.82, 2.24) is 0 Å². The smallest absolute Gasteiger partial charge is 0.330 e. The second-order valence-corrected chi connectivity index (χ2v) is 4.59. The molecule has 0 unspecified atom stereocenters. The zero-order valence-electron chi connectivity index (χ0n) is 13.2. The maximum absolute atomic E-state index is 11.2. The summed E-state index contributed by atoms with van der Waals surface area (Å²) in [5.41, 5.74) is 1.96. The molecule has 0 aliphatic carbocycles. The molecule has 0 amide bonds. The van der Waals surface area contributed by atoms with Crippen LogP contribution in [0.25, 0.3) is 0 Å². The van der Waals surface area contributed by atoms with Gasteiger partial charge in [-0.05, 0) is 34.9 Å². The van der Waals surface area contributed by atoms with Crippen LogP contribution in [-0.2, 0) is 48.4 Å². The SMILES string of the molecule is C=CC(=O)OCc1cc(COC(=O)C=C)cc(COC(=O)C=C)c1.